The minimum atomic E-state index is -3.69. The first-order chi connectivity index (χ1) is 12.4. The third kappa shape index (κ3) is 5.14. The minimum Gasteiger partial charge on any atom is -0.495 e. The Labute approximate surface area is 151 Å². The van der Waals surface area contributed by atoms with Gasteiger partial charge in [-0.05, 0) is 48.5 Å². The van der Waals surface area contributed by atoms with Crippen LogP contribution in [0.5, 0.6) is 5.75 Å². The van der Waals surface area contributed by atoms with Crippen LogP contribution in [0.15, 0.2) is 53.4 Å². The zero-order chi connectivity index (χ0) is 19.2. The normalized spacial score (nSPS) is 11.5. The van der Waals surface area contributed by atoms with Gasteiger partial charge in [0.05, 0.1) is 7.11 Å². The fraction of sp³-hybridized carbons (Fsp3) is 0.167. The zero-order valence-electron chi connectivity index (χ0n) is 14.3. The van der Waals surface area contributed by atoms with Crippen molar-refractivity contribution in [3.05, 3.63) is 65.5 Å². The Kier molecular flexibility index (Phi) is 6.48. The van der Waals surface area contributed by atoms with Crippen LogP contribution in [0, 0.1) is 5.82 Å². The Hall–Kier alpha value is -2.71. The molecule has 0 aliphatic carbocycles. The lowest BCUT2D eigenvalue weighted by Gasteiger charge is -2.09. The molecule has 0 radical (unpaired) electrons. The van der Waals surface area contributed by atoms with Crippen molar-refractivity contribution < 1.29 is 22.3 Å². The molecule has 8 heteroatoms. The average Bonchev–Trinajstić information content (AvgIpc) is 2.65. The molecule has 0 bridgehead atoms. The van der Waals surface area contributed by atoms with Gasteiger partial charge in [-0.3, -0.25) is 4.79 Å². The molecule has 0 atom stereocenters. The highest BCUT2D eigenvalue weighted by atomic mass is 32.2. The fourth-order valence-electron chi connectivity index (χ4n) is 2.14. The van der Waals surface area contributed by atoms with Gasteiger partial charge in [-0.25, -0.2) is 17.5 Å². The summed E-state index contributed by atoms with van der Waals surface area (Å²) < 4.78 is 44.2. The predicted molar refractivity (Wildman–Crippen MR) is 96.5 cm³/mol. The van der Waals surface area contributed by atoms with Crippen LogP contribution >= 0.6 is 0 Å². The Morgan fingerprint density at radius 1 is 1.19 bits per heavy atom. The number of hydrogen-bond acceptors (Lipinski definition) is 4. The highest BCUT2D eigenvalue weighted by Gasteiger charge is 2.17. The Morgan fingerprint density at radius 2 is 1.88 bits per heavy atom. The first-order valence-corrected chi connectivity index (χ1v) is 9.16. The highest BCUT2D eigenvalue weighted by Crippen LogP contribution is 2.25. The Morgan fingerprint density at radius 3 is 2.50 bits per heavy atom. The second kappa shape index (κ2) is 8.59. The molecule has 0 saturated carbocycles. The Bertz CT molecular complexity index is 909. The molecular weight excluding hydrogens is 359 g/mol. The number of carbonyl (C=O) groups is 1. The molecule has 2 N–H and O–H groups in total. The predicted octanol–water partition coefficient (Wildman–Crippen LogP) is 2.07. The number of nitrogens with one attached hydrogen (secondary N) is 2. The summed E-state index contributed by atoms with van der Waals surface area (Å²) in [5.74, 6) is -0.493. The summed E-state index contributed by atoms with van der Waals surface area (Å²) in [4.78, 5) is 11.9. The lowest BCUT2D eigenvalue weighted by Crippen LogP contribution is -2.20. The summed E-state index contributed by atoms with van der Waals surface area (Å²) >= 11 is 0. The molecule has 0 heterocycles. The number of ether oxygens (including phenoxy) is 1. The first-order valence-electron chi connectivity index (χ1n) is 7.67. The largest absolute Gasteiger partial charge is 0.495 e. The molecule has 1 amide bonds. The summed E-state index contributed by atoms with van der Waals surface area (Å²) in [6.45, 7) is 0.255. The van der Waals surface area contributed by atoms with Crippen molar-refractivity contribution in [3.8, 4) is 5.75 Å². The second-order valence-corrected chi connectivity index (χ2v) is 7.15. The SMILES string of the molecule is CNS(=O)(=O)c1cc(/C=C/C(=O)NCc2ccc(F)cc2)ccc1OC. The van der Waals surface area contributed by atoms with Crippen molar-refractivity contribution >= 4 is 22.0 Å². The molecular formula is C18H19FN2O4S. The molecule has 2 aromatic rings. The van der Waals surface area contributed by atoms with E-state index in [0.29, 0.717) is 5.56 Å². The van der Waals surface area contributed by atoms with Gasteiger partial charge in [0.15, 0.2) is 0 Å². The van der Waals surface area contributed by atoms with Crippen LogP contribution in [0.3, 0.4) is 0 Å². The van der Waals surface area contributed by atoms with E-state index in [0.717, 1.165) is 5.56 Å². The number of halogens is 1. The monoisotopic (exact) mass is 378 g/mol. The number of rotatable bonds is 7. The quantitative estimate of drug-likeness (QED) is 0.723. The molecule has 2 aromatic carbocycles. The van der Waals surface area contributed by atoms with Crippen LogP contribution in [0.1, 0.15) is 11.1 Å². The van der Waals surface area contributed by atoms with Gasteiger partial charge in [0, 0.05) is 12.6 Å². The van der Waals surface area contributed by atoms with Crippen LogP contribution in [0.2, 0.25) is 0 Å². The minimum absolute atomic E-state index is 0.0172. The number of amides is 1. The zero-order valence-corrected chi connectivity index (χ0v) is 15.1. The van der Waals surface area contributed by atoms with Crippen molar-refractivity contribution in [1.29, 1.82) is 0 Å². The van der Waals surface area contributed by atoms with Crippen LogP contribution in [0.4, 0.5) is 4.39 Å². The first kappa shape index (κ1) is 19.6. The number of sulfonamides is 1. The summed E-state index contributed by atoms with van der Waals surface area (Å²) in [7, 11) is -1.01. The summed E-state index contributed by atoms with van der Waals surface area (Å²) in [6, 6.07) is 10.4. The van der Waals surface area contributed by atoms with E-state index in [1.165, 1.54) is 50.6 Å². The Balaban J connectivity index is 2.08. The van der Waals surface area contributed by atoms with Gasteiger partial charge in [-0.15, -0.1) is 0 Å². The second-order valence-electron chi connectivity index (χ2n) is 5.30. The number of hydrogen-bond donors (Lipinski definition) is 2. The van der Waals surface area contributed by atoms with Gasteiger partial charge in [-0.2, -0.15) is 0 Å². The van der Waals surface area contributed by atoms with E-state index >= 15 is 0 Å². The number of methoxy groups -OCH3 is 1. The average molecular weight is 378 g/mol. The third-order valence-electron chi connectivity index (χ3n) is 3.55. The smallest absolute Gasteiger partial charge is 0.244 e. The summed E-state index contributed by atoms with van der Waals surface area (Å²) in [6.07, 6.45) is 2.79. The highest BCUT2D eigenvalue weighted by molar-refractivity contribution is 7.89. The molecule has 6 nitrogen and oxygen atoms in total. The molecule has 0 aliphatic heterocycles. The molecule has 26 heavy (non-hydrogen) atoms. The van der Waals surface area contributed by atoms with Crippen molar-refractivity contribution in [2.45, 2.75) is 11.4 Å². The van der Waals surface area contributed by atoms with Gasteiger partial charge in [-0.1, -0.05) is 18.2 Å². The fourth-order valence-corrected chi connectivity index (χ4v) is 3.07. The maximum absolute atomic E-state index is 12.8. The molecule has 0 aromatic heterocycles. The summed E-state index contributed by atoms with van der Waals surface area (Å²) in [5, 5.41) is 2.66. The van der Waals surface area contributed by atoms with Crippen LogP contribution < -0.4 is 14.8 Å². The molecule has 0 saturated heterocycles. The molecule has 2 rings (SSSR count). The molecule has 0 unspecified atom stereocenters. The number of carbonyl (C=O) groups excluding carboxylic acids is 1. The van der Waals surface area contributed by atoms with Crippen molar-refractivity contribution in [3.63, 3.8) is 0 Å². The summed E-state index contributed by atoms with van der Waals surface area (Å²) in [5.41, 5.74) is 1.29. The number of benzene rings is 2. The maximum Gasteiger partial charge on any atom is 0.244 e. The van der Waals surface area contributed by atoms with E-state index in [1.807, 2.05) is 0 Å². The van der Waals surface area contributed by atoms with E-state index in [2.05, 4.69) is 10.0 Å². The lowest BCUT2D eigenvalue weighted by atomic mass is 10.2. The van der Waals surface area contributed by atoms with E-state index in [-0.39, 0.29) is 28.9 Å². The lowest BCUT2D eigenvalue weighted by molar-refractivity contribution is -0.116. The maximum atomic E-state index is 12.8. The van der Waals surface area contributed by atoms with Crippen LogP contribution in [0.25, 0.3) is 6.08 Å². The van der Waals surface area contributed by atoms with Crippen LogP contribution in [-0.2, 0) is 21.4 Å². The van der Waals surface area contributed by atoms with Gasteiger partial charge < -0.3 is 10.1 Å². The van der Waals surface area contributed by atoms with E-state index < -0.39 is 10.0 Å². The van der Waals surface area contributed by atoms with Gasteiger partial charge in [0.25, 0.3) is 0 Å². The van der Waals surface area contributed by atoms with Gasteiger partial charge in [0.1, 0.15) is 16.5 Å². The van der Waals surface area contributed by atoms with E-state index in [1.54, 1.807) is 18.2 Å². The van der Waals surface area contributed by atoms with Crippen molar-refractivity contribution in [1.82, 2.24) is 10.0 Å². The van der Waals surface area contributed by atoms with Gasteiger partial charge in [0.2, 0.25) is 15.9 Å². The van der Waals surface area contributed by atoms with Crippen molar-refractivity contribution in [2.75, 3.05) is 14.2 Å². The molecule has 0 spiro atoms. The van der Waals surface area contributed by atoms with Crippen molar-refractivity contribution in [2.24, 2.45) is 0 Å². The van der Waals surface area contributed by atoms with Crippen LogP contribution in [-0.4, -0.2) is 28.5 Å². The van der Waals surface area contributed by atoms with E-state index in [4.69, 9.17) is 4.74 Å². The van der Waals surface area contributed by atoms with E-state index in [9.17, 15) is 17.6 Å². The molecule has 138 valence electrons. The standard InChI is InChI=1S/C18H19FN2O4S/c1-20-26(23,24)17-11-13(5-9-16(17)25-2)6-10-18(22)21-12-14-3-7-15(19)8-4-14/h3-11,20H,12H2,1-2H3,(H,21,22)/b10-6+. The topological polar surface area (TPSA) is 84.5 Å². The molecule has 0 fully saturated rings. The third-order valence-corrected chi connectivity index (χ3v) is 4.99. The molecule has 0 aliphatic rings. The van der Waals surface area contributed by atoms with Gasteiger partial charge >= 0.3 is 0 Å².